The summed E-state index contributed by atoms with van der Waals surface area (Å²) in [6.45, 7) is 5.60. The second-order valence-electron chi connectivity index (χ2n) is 4.82. The summed E-state index contributed by atoms with van der Waals surface area (Å²) in [4.78, 5) is 23.7. The minimum absolute atomic E-state index is 0.0813. The molecule has 2 unspecified atom stereocenters. The Balaban J connectivity index is 3.95. The number of nitrogens with zero attached hydrogens (tertiary/aromatic N) is 1. The van der Waals surface area contributed by atoms with Crippen molar-refractivity contribution in [1.29, 1.82) is 0 Å². The molecule has 0 aliphatic carbocycles. The molecule has 2 amide bonds. The van der Waals surface area contributed by atoms with Crippen LogP contribution >= 0.6 is 0 Å². The van der Waals surface area contributed by atoms with Gasteiger partial charge in [0.2, 0.25) is 0 Å². The number of likely N-dealkylation sites (N-methyl/N-ethyl adjacent to an activating group) is 1. The number of amides is 2. The second kappa shape index (κ2) is 8.78. The zero-order chi connectivity index (χ0) is 14.1. The highest BCUT2D eigenvalue weighted by Gasteiger charge is 2.22. The average molecular weight is 258 g/mol. The molecule has 0 aliphatic rings. The van der Waals surface area contributed by atoms with E-state index in [1.807, 2.05) is 6.92 Å². The first kappa shape index (κ1) is 16.7. The van der Waals surface area contributed by atoms with Crippen molar-refractivity contribution >= 4 is 12.0 Å². The van der Waals surface area contributed by atoms with Gasteiger partial charge in [0.15, 0.2) is 0 Å². The van der Waals surface area contributed by atoms with Crippen molar-refractivity contribution in [2.75, 3.05) is 7.05 Å². The Hall–Kier alpha value is -1.26. The second-order valence-corrected chi connectivity index (χ2v) is 4.82. The number of hydrogen-bond donors (Lipinski definition) is 2. The highest BCUT2D eigenvalue weighted by atomic mass is 16.4. The van der Waals surface area contributed by atoms with Crippen LogP contribution in [0.4, 0.5) is 4.79 Å². The first-order valence-corrected chi connectivity index (χ1v) is 6.66. The molecule has 0 aromatic rings. The predicted octanol–water partition coefficient (Wildman–Crippen LogP) is 2.46. The van der Waals surface area contributed by atoms with Gasteiger partial charge in [0.05, 0.1) is 0 Å². The van der Waals surface area contributed by atoms with Crippen molar-refractivity contribution in [3.63, 3.8) is 0 Å². The molecular formula is C13H26N2O3. The molecular weight excluding hydrogens is 232 g/mol. The van der Waals surface area contributed by atoms with Gasteiger partial charge in [0.25, 0.3) is 0 Å². The monoisotopic (exact) mass is 258 g/mol. The van der Waals surface area contributed by atoms with E-state index < -0.39 is 12.0 Å². The third-order valence-corrected chi connectivity index (χ3v) is 3.12. The molecule has 106 valence electrons. The molecule has 0 saturated carbocycles. The summed E-state index contributed by atoms with van der Waals surface area (Å²) in [7, 11) is 1.50. The third kappa shape index (κ3) is 6.47. The zero-order valence-corrected chi connectivity index (χ0v) is 11.9. The molecule has 2 atom stereocenters. The SMILES string of the molecule is CCCCCCC(C)NC(=O)N(C)C(C)C(=O)O. The number of carbonyl (C=O) groups is 2. The number of urea groups is 1. The van der Waals surface area contributed by atoms with Crippen LogP contribution in [0.2, 0.25) is 0 Å². The summed E-state index contributed by atoms with van der Waals surface area (Å²) in [6, 6.07) is -1.05. The van der Waals surface area contributed by atoms with E-state index in [1.165, 1.54) is 38.1 Å². The van der Waals surface area contributed by atoms with Crippen LogP contribution in [0.1, 0.15) is 52.9 Å². The predicted molar refractivity (Wildman–Crippen MR) is 71.6 cm³/mol. The summed E-state index contributed by atoms with van der Waals surface area (Å²) in [5, 5.41) is 11.6. The van der Waals surface area contributed by atoms with Gasteiger partial charge in [-0.2, -0.15) is 0 Å². The maximum absolute atomic E-state index is 11.7. The lowest BCUT2D eigenvalue weighted by molar-refractivity contribution is -0.141. The van der Waals surface area contributed by atoms with Crippen molar-refractivity contribution in [1.82, 2.24) is 10.2 Å². The Kier molecular flexibility index (Phi) is 8.16. The Morgan fingerprint density at radius 3 is 2.33 bits per heavy atom. The molecule has 0 rings (SSSR count). The maximum Gasteiger partial charge on any atom is 0.326 e. The van der Waals surface area contributed by atoms with Crippen LogP contribution in [0.3, 0.4) is 0 Å². The van der Waals surface area contributed by atoms with Gasteiger partial charge in [-0.1, -0.05) is 32.6 Å². The van der Waals surface area contributed by atoms with E-state index in [0.29, 0.717) is 0 Å². The number of rotatable bonds is 8. The fraction of sp³-hybridized carbons (Fsp3) is 0.846. The van der Waals surface area contributed by atoms with E-state index in [2.05, 4.69) is 12.2 Å². The molecule has 0 bridgehead atoms. The first-order valence-electron chi connectivity index (χ1n) is 6.66. The summed E-state index contributed by atoms with van der Waals surface area (Å²) in [5.41, 5.74) is 0. The Labute approximate surface area is 110 Å². The van der Waals surface area contributed by atoms with E-state index >= 15 is 0 Å². The number of carboxylic acid groups (broad SMARTS) is 1. The highest BCUT2D eigenvalue weighted by Crippen LogP contribution is 2.06. The van der Waals surface area contributed by atoms with Crippen molar-refractivity contribution in [2.45, 2.75) is 65.0 Å². The first-order chi connectivity index (χ1) is 8.40. The van der Waals surface area contributed by atoms with Crippen molar-refractivity contribution in [3.05, 3.63) is 0 Å². The number of aliphatic carboxylic acids is 1. The summed E-state index contributed by atoms with van der Waals surface area (Å²) >= 11 is 0. The van der Waals surface area contributed by atoms with Gasteiger partial charge in [-0.15, -0.1) is 0 Å². The van der Waals surface area contributed by atoms with E-state index in [9.17, 15) is 9.59 Å². The smallest absolute Gasteiger partial charge is 0.326 e. The molecule has 5 nitrogen and oxygen atoms in total. The van der Waals surface area contributed by atoms with Gasteiger partial charge in [0.1, 0.15) is 6.04 Å². The fourth-order valence-corrected chi connectivity index (χ4v) is 1.60. The van der Waals surface area contributed by atoms with Gasteiger partial charge < -0.3 is 15.3 Å². The van der Waals surface area contributed by atoms with Crippen LogP contribution in [-0.4, -0.2) is 41.1 Å². The standard InChI is InChI=1S/C13H26N2O3/c1-5-6-7-8-9-10(2)14-13(18)15(4)11(3)12(16)17/h10-11H,5-9H2,1-4H3,(H,14,18)(H,16,17). The quantitative estimate of drug-likeness (QED) is 0.657. The van der Waals surface area contributed by atoms with Gasteiger partial charge in [-0.3, -0.25) is 0 Å². The molecule has 0 aliphatic heterocycles. The van der Waals surface area contributed by atoms with Gasteiger partial charge in [0, 0.05) is 13.1 Å². The average Bonchev–Trinajstić information content (AvgIpc) is 2.32. The number of carbonyl (C=O) groups excluding carboxylic acids is 1. The topological polar surface area (TPSA) is 69.6 Å². The Bertz CT molecular complexity index is 269. The maximum atomic E-state index is 11.7. The van der Waals surface area contributed by atoms with Crippen LogP contribution < -0.4 is 5.32 Å². The van der Waals surface area contributed by atoms with E-state index in [0.717, 1.165) is 12.8 Å². The minimum Gasteiger partial charge on any atom is -0.480 e. The molecule has 2 N–H and O–H groups in total. The molecule has 0 heterocycles. The molecule has 0 saturated heterocycles. The molecule has 5 heteroatoms. The molecule has 0 aromatic heterocycles. The van der Waals surface area contributed by atoms with E-state index in [4.69, 9.17) is 5.11 Å². The van der Waals surface area contributed by atoms with Gasteiger partial charge in [-0.25, -0.2) is 9.59 Å². The number of nitrogens with one attached hydrogen (secondary N) is 1. The van der Waals surface area contributed by atoms with Crippen molar-refractivity contribution in [3.8, 4) is 0 Å². The number of carboxylic acids is 1. The van der Waals surface area contributed by atoms with E-state index in [1.54, 1.807) is 0 Å². The van der Waals surface area contributed by atoms with E-state index in [-0.39, 0.29) is 12.1 Å². The Morgan fingerprint density at radius 2 is 1.83 bits per heavy atom. The lowest BCUT2D eigenvalue weighted by Gasteiger charge is -2.24. The van der Waals surface area contributed by atoms with Gasteiger partial charge in [-0.05, 0) is 20.3 Å². The zero-order valence-electron chi connectivity index (χ0n) is 11.9. The van der Waals surface area contributed by atoms with Crippen LogP contribution in [0.15, 0.2) is 0 Å². The summed E-state index contributed by atoms with van der Waals surface area (Å²) in [6.07, 6.45) is 5.61. The lowest BCUT2D eigenvalue weighted by atomic mass is 10.1. The van der Waals surface area contributed by atoms with Crippen LogP contribution in [0, 0.1) is 0 Å². The van der Waals surface area contributed by atoms with Gasteiger partial charge >= 0.3 is 12.0 Å². The molecule has 0 spiro atoms. The molecule has 18 heavy (non-hydrogen) atoms. The van der Waals surface area contributed by atoms with Crippen molar-refractivity contribution < 1.29 is 14.7 Å². The third-order valence-electron chi connectivity index (χ3n) is 3.12. The normalized spacial score (nSPS) is 13.8. The van der Waals surface area contributed by atoms with Crippen molar-refractivity contribution in [2.24, 2.45) is 0 Å². The Morgan fingerprint density at radius 1 is 1.22 bits per heavy atom. The fourth-order valence-electron chi connectivity index (χ4n) is 1.60. The van der Waals surface area contributed by atoms with Crippen LogP contribution in [-0.2, 0) is 4.79 Å². The van der Waals surface area contributed by atoms with Crippen LogP contribution in [0.25, 0.3) is 0 Å². The molecule has 0 aromatic carbocycles. The largest absolute Gasteiger partial charge is 0.480 e. The number of unbranched alkanes of at least 4 members (excludes halogenated alkanes) is 3. The van der Waals surface area contributed by atoms with Crippen LogP contribution in [0.5, 0.6) is 0 Å². The summed E-state index contributed by atoms with van der Waals surface area (Å²) in [5.74, 6) is -0.997. The minimum atomic E-state index is -0.997. The lowest BCUT2D eigenvalue weighted by Crippen LogP contribution is -2.48. The highest BCUT2D eigenvalue weighted by molar-refractivity contribution is 5.82. The molecule has 0 radical (unpaired) electrons. The summed E-state index contributed by atoms with van der Waals surface area (Å²) < 4.78 is 0. The number of hydrogen-bond acceptors (Lipinski definition) is 2. The molecule has 0 fully saturated rings.